The number of rotatable bonds is 5. The summed E-state index contributed by atoms with van der Waals surface area (Å²) in [7, 11) is 0. The molecule has 6 heteroatoms. The van der Waals surface area contributed by atoms with Gasteiger partial charge in [-0.15, -0.1) is 0 Å². The van der Waals surface area contributed by atoms with Gasteiger partial charge in [0.2, 0.25) is 0 Å². The minimum absolute atomic E-state index is 0.132. The highest BCUT2D eigenvalue weighted by atomic mass is 79.9. The van der Waals surface area contributed by atoms with Crippen molar-refractivity contribution in [3.05, 3.63) is 107 Å². The van der Waals surface area contributed by atoms with Crippen molar-refractivity contribution in [1.82, 2.24) is 10.3 Å². The molecule has 4 aromatic rings. The van der Waals surface area contributed by atoms with Crippen molar-refractivity contribution in [2.45, 2.75) is 31.8 Å². The first-order valence-electron chi connectivity index (χ1n) is 11.0. The summed E-state index contributed by atoms with van der Waals surface area (Å²) in [5.41, 5.74) is 4.28. The second kappa shape index (κ2) is 9.12. The quantitative estimate of drug-likeness (QED) is 0.279. The van der Waals surface area contributed by atoms with E-state index < -0.39 is 0 Å². The van der Waals surface area contributed by atoms with Crippen LogP contribution in [-0.2, 0) is 0 Å². The number of furan rings is 1. The largest absolute Gasteiger partial charge is 0.459 e. The van der Waals surface area contributed by atoms with Gasteiger partial charge >= 0.3 is 0 Å². The minimum atomic E-state index is -0.165. The van der Waals surface area contributed by atoms with E-state index in [1.807, 2.05) is 60.8 Å². The lowest BCUT2D eigenvalue weighted by Gasteiger charge is -2.26. The normalized spacial score (nSPS) is 18.1. The Bertz CT molecular complexity index is 1250. The van der Waals surface area contributed by atoms with Crippen LogP contribution < -0.4 is 10.2 Å². The van der Waals surface area contributed by atoms with Gasteiger partial charge in [-0.2, -0.15) is 0 Å². The van der Waals surface area contributed by atoms with Crippen molar-refractivity contribution in [2.24, 2.45) is 0 Å². The number of pyridine rings is 1. The molecule has 2 atom stereocenters. The number of thiocarbonyl (C=S) groups is 1. The summed E-state index contributed by atoms with van der Waals surface area (Å²) < 4.78 is 7.46. The molecule has 0 spiro atoms. The molecular formula is C27H24BrN3OS. The number of halogens is 1. The van der Waals surface area contributed by atoms with E-state index in [2.05, 4.69) is 69.2 Å². The van der Waals surface area contributed by atoms with Crippen LogP contribution in [0.3, 0.4) is 0 Å². The molecule has 166 valence electrons. The van der Waals surface area contributed by atoms with Crippen molar-refractivity contribution >= 4 is 38.9 Å². The highest BCUT2D eigenvalue weighted by Crippen LogP contribution is 2.43. The molecule has 1 aliphatic heterocycles. The third-order valence-corrected chi connectivity index (χ3v) is 6.83. The Hall–Kier alpha value is -2.96. The average Bonchev–Trinajstić information content (AvgIpc) is 3.45. The zero-order valence-electron chi connectivity index (χ0n) is 18.4. The molecule has 4 nitrogen and oxygen atoms in total. The lowest BCUT2D eigenvalue weighted by atomic mass is 10.0. The van der Waals surface area contributed by atoms with Crippen LogP contribution in [0.25, 0.3) is 11.3 Å². The van der Waals surface area contributed by atoms with Gasteiger partial charge in [-0.05, 0) is 72.2 Å². The first-order valence-corrected chi connectivity index (χ1v) is 12.2. The fourth-order valence-corrected chi connectivity index (χ4v) is 4.83. The lowest BCUT2D eigenvalue weighted by Crippen LogP contribution is -2.29. The highest BCUT2D eigenvalue weighted by molar-refractivity contribution is 9.10. The van der Waals surface area contributed by atoms with E-state index in [1.54, 1.807) is 0 Å². The van der Waals surface area contributed by atoms with Gasteiger partial charge in [0.05, 0.1) is 11.7 Å². The first kappa shape index (κ1) is 21.9. The highest BCUT2D eigenvalue weighted by Gasteiger charge is 2.42. The summed E-state index contributed by atoms with van der Waals surface area (Å²) in [5.74, 6) is 2.13. The number of nitrogens with zero attached hydrogens (tertiary/aromatic N) is 2. The van der Waals surface area contributed by atoms with Gasteiger partial charge in [0.1, 0.15) is 17.6 Å². The standard InChI is InChI=1S/C27H24BrN3OS/c1-17(2)18-8-12-21(13-9-18)31-26(25(30-27(31)33)22-5-3-4-16-29-22)24-15-14-23(32-24)19-6-10-20(28)11-7-19/h3-17,25-26H,1-2H3,(H,30,33)/t25-,26+/m1/s1. The third-order valence-electron chi connectivity index (χ3n) is 5.98. The molecule has 0 radical (unpaired) electrons. The molecule has 0 aliphatic carbocycles. The molecular weight excluding hydrogens is 494 g/mol. The van der Waals surface area contributed by atoms with E-state index in [0.717, 1.165) is 32.9 Å². The Kier molecular flexibility index (Phi) is 6.04. The van der Waals surface area contributed by atoms with Crippen LogP contribution in [0, 0.1) is 0 Å². The van der Waals surface area contributed by atoms with Crippen molar-refractivity contribution in [3.8, 4) is 11.3 Å². The number of benzene rings is 2. The van der Waals surface area contributed by atoms with Crippen LogP contribution in [0.4, 0.5) is 5.69 Å². The molecule has 1 fully saturated rings. The van der Waals surface area contributed by atoms with Crippen LogP contribution in [-0.4, -0.2) is 10.1 Å². The van der Waals surface area contributed by atoms with E-state index in [0.29, 0.717) is 11.0 Å². The van der Waals surface area contributed by atoms with E-state index in [4.69, 9.17) is 16.6 Å². The van der Waals surface area contributed by atoms with E-state index in [1.165, 1.54) is 5.56 Å². The summed E-state index contributed by atoms with van der Waals surface area (Å²) in [6.45, 7) is 4.40. The smallest absolute Gasteiger partial charge is 0.174 e. The number of anilines is 1. The molecule has 0 unspecified atom stereocenters. The van der Waals surface area contributed by atoms with Crippen LogP contribution in [0.1, 0.15) is 48.9 Å². The van der Waals surface area contributed by atoms with Gasteiger partial charge in [0, 0.05) is 21.9 Å². The van der Waals surface area contributed by atoms with Gasteiger partial charge < -0.3 is 14.6 Å². The molecule has 5 rings (SSSR count). The fraction of sp³-hybridized carbons (Fsp3) is 0.185. The molecule has 33 heavy (non-hydrogen) atoms. The number of aromatic nitrogens is 1. The SMILES string of the molecule is CC(C)c1ccc(N2C(=S)N[C@H](c3ccccn3)[C@@H]2c2ccc(-c3ccc(Br)cc3)o2)cc1. The number of hydrogen-bond donors (Lipinski definition) is 1. The maximum absolute atomic E-state index is 6.42. The van der Waals surface area contributed by atoms with Crippen molar-refractivity contribution in [3.63, 3.8) is 0 Å². The molecule has 2 aromatic heterocycles. The summed E-state index contributed by atoms with van der Waals surface area (Å²) >= 11 is 9.31. The maximum Gasteiger partial charge on any atom is 0.174 e. The Balaban J connectivity index is 1.57. The molecule has 0 bridgehead atoms. The Morgan fingerprint density at radius 3 is 2.39 bits per heavy atom. The first-order chi connectivity index (χ1) is 16.0. The van der Waals surface area contributed by atoms with Crippen LogP contribution in [0.2, 0.25) is 0 Å². The topological polar surface area (TPSA) is 41.3 Å². The number of hydrogen-bond acceptors (Lipinski definition) is 3. The van der Waals surface area contributed by atoms with Gasteiger partial charge in [-0.25, -0.2) is 0 Å². The molecule has 0 saturated carbocycles. The summed E-state index contributed by atoms with van der Waals surface area (Å²) in [6.07, 6.45) is 1.81. The molecule has 3 heterocycles. The molecule has 1 N–H and O–H groups in total. The number of nitrogens with one attached hydrogen (secondary N) is 1. The predicted molar refractivity (Wildman–Crippen MR) is 140 cm³/mol. The monoisotopic (exact) mass is 517 g/mol. The second-order valence-electron chi connectivity index (χ2n) is 8.45. The fourth-order valence-electron chi connectivity index (χ4n) is 4.22. The summed E-state index contributed by atoms with van der Waals surface area (Å²) in [5, 5.41) is 4.15. The van der Waals surface area contributed by atoms with E-state index >= 15 is 0 Å². The van der Waals surface area contributed by atoms with Crippen LogP contribution in [0.5, 0.6) is 0 Å². The van der Waals surface area contributed by atoms with Crippen molar-refractivity contribution in [2.75, 3.05) is 4.90 Å². The zero-order chi connectivity index (χ0) is 22.9. The average molecular weight is 518 g/mol. The third kappa shape index (κ3) is 4.33. The van der Waals surface area contributed by atoms with E-state index in [-0.39, 0.29) is 12.1 Å². The van der Waals surface area contributed by atoms with Crippen molar-refractivity contribution < 1.29 is 4.42 Å². The molecule has 1 aliphatic rings. The molecule has 1 saturated heterocycles. The van der Waals surface area contributed by atoms with Gasteiger partial charge in [0.25, 0.3) is 0 Å². The van der Waals surface area contributed by atoms with Gasteiger partial charge in [-0.1, -0.05) is 60.1 Å². The Morgan fingerprint density at radius 2 is 1.73 bits per heavy atom. The molecule has 0 amide bonds. The summed E-state index contributed by atoms with van der Waals surface area (Å²) in [4.78, 5) is 6.76. The Morgan fingerprint density at radius 1 is 0.970 bits per heavy atom. The Labute approximate surface area is 207 Å². The zero-order valence-corrected chi connectivity index (χ0v) is 20.8. The molecule has 2 aromatic carbocycles. The van der Waals surface area contributed by atoms with Crippen molar-refractivity contribution in [1.29, 1.82) is 0 Å². The second-order valence-corrected chi connectivity index (χ2v) is 9.75. The van der Waals surface area contributed by atoms with E-state index in [9.17, 15) is 0 Å². The van der Waals surface area contributed by atoms with Gasteiger partial charge in [-0.3, -0.25) is 4.98 Å². The summed E-state index contributed by atoms with van der Waals surface area (Å²) in [6, 6.07) is 26.5. The lowest BCUT2D eigenvalue weighted by molar-refractivity contribution is 0.439. The predicted octanol–water partition coefficient (Wildman–Crippen LogP) is 7.40. The minimum Gasteiger partial charge on any atom is -0.459 e. The van der Waals surface area contributed by atoms with Crippen LogP contribution in [0.15, 0.2) is 93.9 Å². The van der Waals surface area contributed by atoms with Crippen LogP contribution >= 0.6 is 28.1 Å². The van der Waals surface area contributed by atoms with Gasteiger partial charge in [0.15, 0.2) is 5.11 Å². The maximum atomic E-state index is 6.42.